The van der Waals surface area contributed by atoms with Crippen molar-refractivity contribution in [3.63, 3.8) is 0 Å². The van der Waals surface area contributed by atoms with E-state index in [1.807, 2.05) is 0 Å². The summed E-state index contributed by atoms with van der Waals surface area (Å²) in [6.07, 6.45) is 0.0350. The third-order valence-corrected chi connectivity index (χ3v) is 3.47. The van der Waals surface area contributed by atoms with Gasteiger partial charge in [0.1, 0.15) is 10.8 Å². The predicted octanol–water partition coefficient (Wildman–Crippen LogP) is 2.30. The van der Waals surface area contributed by atoms with Crippen LogP contribution in [-0.2, 0) is 16.0 Å². The molecule has 0 unspecified atom stereocenters. The highest BCUT2D eigenvalue weighted by Crippen LogP contribution is 2.18. The highest BCUT2D eigenvalue weighted by Gasteiger charge is 2.12. The van der Waals surface area contributed by atoms with E-state index in [1.54, 1.807) is 38.3 Å². The van der Waals surface area contributed by atoms with Gasteiger partial charge >= 0.3 is 12.0 Å². The van der Waals surface area contributed by atoms with Crippen molar-refractivity contribution >= 4 is 34.2 Å². The van der Waals surface area contributed by atoms with Crippen LogP contribution in [0.1, 0.15) is 11.9 Å². The third-order valence-electron chi connectivity index (χ3n) is 2.64. The minimum Gasteiger partial charge on any atom is -0.497 e. The molecule has 2 aromatic rings. The number of carbonyl (C=O) groups is 2. The zero-order valence-electron chi connectivity index (χ0n) is 12.7. The standard InChI is InChI=1S/C14H16N4O4S/c1-3-22-12(19)8-11-17-18-14(23-11)16-13(20)15-9-4-6-10(21-2)7-5-9/h4-7H,3,8H2,1-2H3,(H2,15,16,18,20). The first kappa shape index (κ1) is 16.7. The number of amides is 2. The van der Waals surface area contributed by atoms with E-state index in [4.69, 9.17) is 9.47 Å². The molecule has 122 valence electrons. The summed E-state index contributed by atoms with van der Waals surface area (Å²) in [5.74, 6) is 0.321. The smallest absolute Gasteiger partial charge is 0.325 e. The molecule has 1 aromatic heterocycles. The fourth-order valence-electron chi connectivity index (χ4n) is 1.64. The Kier molecular flexibility index (Phi) is 5.87. The molecule has 0 bridgehead atoms. The number of benzene rings is 1. The van der Waals surface area contributed by atoms with Gasteiger partial charge in [0.2, 0.25) is 5.13 Å². The second kappa shape index (κ2) is 8.08. The van der Waals surface area contributed by atoms with Crippen LogP contribution in [0.4, 0.5) is 15.6 Å². The molecule has 9 heteroatoms. The molecule has 2 N–H and O–H groups in total. The molecule has 0 radical (unpaired) electrons. The van der Waals surface area contributed by atoms with E-state index in [0.29, 0.717) is 28.2 Å². The minimum absolute atomic E-state index is 0.0350. The van der Waals surface area contributed by atoms with Gasteiger partial charge in [0.15, 0.2) is 0 Å². The lowest BCUT2D eigenvalue weighted by Gasteiger charge is -2.05. The van der Waals surface area contributed by atoms with E-state index >= 15 is 0 Å². The molecule has 0 fully saturated rings. The molecule has 0 atom stereocenters. The monoisotopic (exact) mass is 336 g/mol. The van der Waals surface area contributed by atoms with Crippen LogP contribution in [0.2, 0.25) is 0 Å². The van der Waals surface area contributed by atoms with Crippen molar-refractivity contribution in [2.24, 2.45) is 0 Å². The molecule has 2 rings (SSSR count). The minimum atomic E-state index is -0.450. The van der Waals surface area contributed by atoms with Gasteiger partial charge in [0.05, 0.1) is 20.1 Å². The van der Waals surface area contributed by atoms with Gasteiger partial charge in [0, 0.05) is 5.69 Å². The Morgan fingerprint density at radius 2 is 1.91 bits per heavy atom. The van der Waals surface area contributed by atoms with E-state index < -0.39 is 6.03 Å². The molecule has 8 nitrogen and oxygen atoms in total. The SMILES string of the molecule is CCOC(=O)Cc1nnc(NC(=O)Nc2ccc(OC)cc2)s1. The van der Waals surface area contributed by atoms with Crippen molar-refractivity contribution in [1.82, 2.24) is 10.2 Å². The quantitative estimate of drug-likeness (QED) is 0.785. The zero-order valence-corrected chi connectivity index (χ0v) is 13.5. The topological polar surface area (TPSA) is 102 Å². The number of nitrogens with zero attached hydrogens (tertiary/aromatic N) is 2. The highest BCUT2D eigenvalue weighted by molar-refractivity contribution is 7.15. The summed E-state index contributed by atoms with van der Waals surface area (Å²) in [4.78, 5) is 23.2. The van der Waals surface area contributed by atoms with E-state index in [-0.39, 0.29) is 12.4 Å². The first-order valence-electron chi connectivity index (χ1n) is 6.80. The molecular formula is C14H16N4O4S. The second-order valence-corrected chi connectivity index (χ2v) is 5.35. The first-order valence-corrected chi connectivity index (χ1v) is 7.62. The normalized spacial score (nSPS) is 10.0. The number of carbonyl (C=O) groups excluding carboxylic acids is 2. The van der Waals surface area contributed by atoms with Gasteiger partial charge in [-0.05, 0) is 31.2 Å². The van der Waals surface area contributed by atoms with Gasteiger partial charge in [-0.2, -0.15) is 0 Å². The van der Waals surface area contributed by atoms with Gasteiger partial charge < -0.3 is 14.8 Å². The van der Waals surface area contributed by atoms with Crippen molar-refractivity contribution in [2.75, 3.05) is 24.4 Å². The Morgan fingerprint density at radius 1 is 1.17 bits per heavy atom. The Labute approximate surface area is 136 Å². The third kappa shape index (κ3) is 5.22. The summed E-state index contributed by atoms with van der Waals surface area (Å²) >= 11 is 1.12. The Balaban J connectivity index is 1.87. The number of nitrogens with one attached hydrogen (secondary N) is 2. The fraction of sp³-hybridized carbons (Fsp3) is 0.286. The van der Waals surface area contributed by atoms with Crippen LogP contribution in [0, 0.1) is 0 Å². The molecule has 1 heterocycles. The van der Waals surface area contributed by atoms with Gasteiger partial charge in [-0.3, -0.25) is 10.1 Å². The molecule has 0 aliphatic carbocycles. The number of anilines is 2. The van der Waals surface area contributed by atoms with Crippen molar-refractivity contribution in [3.05, 3.63) is 29.3 Å². The summed E-state index contributed by atoms with van der Waals surface area (Å²) in [6.45, 7) is 2.04. The van der Waals surface area contributed by atoms with Crippen molar-refractivity contribution in [1.29, 1.82) is 0 Å². The average molecular weight is 336 g/mol. The van der Waals surface area contributed by atoms with Crippen LogP contribution in [0.3, 0.4) is 0 Å². The van der Waals surface area contributed by atoms with Crippen molar-refractivity contribution in [3.8, 4) is 5.75 Å². The summed E-state index contributed by atoms with van der Waals surface area (Å²) in [7, 11) is 1.57. The van der Waals surface area contributed by atoms with Gasteiger partial charge in [-0.1, -0.05) is 11.3 Å². The van der Waals surface area contributed by atoms with Gasteiger partial charge in [-0.25, -0.2) is 4.79 Å². The zero-order chi connectivity index (χ0) is 16.7. The molecule has 2 amide bonds. The van der Waals surface area contributed by atoms with Crippen LogP contribution in [-0.4, -0.2) is 35.9 Å². The largest absolute Gasteiger partial charge is 0.497 e. The number of rotatable bonds is 6. The lowest BCUT2D eigenvalue weighted by atomic mass is 10.3. The van der Waals surface area contributed by atoms with Crippen LogP contribution in [0.5, 0.6) is 5.75 Å². The lowest BCUT2D eigenvalue weighted by molar-refractivity contribution is -0.142. The number of methoxy groups -OCH3 is 1. The van der Waals surface area contributed by atoms with Gasteiger partial charge in [0.25, 0.3) is 0 Å². The number of hydrogen-bond acceptors (Lipinski definition) is 7. The van der Waals surface area contributed by atoms with E-state index in [2.05, 4.69) is 20.8 Å². The van der Waals surface area contributed by atoms with Crippen LogP contribution in [0.25, 0.3) is 0 Å². The van der Waals surface area contributed by atoms with Crippen LogP contribution < -0.4 is 15.4 Å². The number of aromatic nitrogens is 2. The molecule has 1 aromatic carbocycles. The maximum atomic E-state index is 11.9. The van der Waals surface area contributed by atoms with Crippen molar-refractivity contribution < 1.29 is 19.1 Å². The maximum absolute atomic E-state index is 11.9. The molecule has 0 saturated carbocycles. The van der Waals surface area contributed by atoms with Gasteiger partial charge in [-0.15, -0.1) is 10.2 Å². The first-order chi connectivity index (χ1) is 11.1. The van der Waals surface area contributed by atoms with Crippen LogP contribution >= 0.6 is 11.3 Å². The number of urea groups is 1. The molecular weight excluding hydrogens is 320 g/mol. The number of hydrogen-bond donors (Lipinski definition) is 2. The molecule has 23 heavy (non-hydrogen) atoms. The van der Waals surface area contributed by atoms with Crippen molar-refractivity contribution in [2.45, 2.75) is 13.3 Å². The lowest BCUT2D eigenvalue weighted by Crippen LogP contribution is -2.19. The Bertz CT molecular complexity index is 672. The maximum Gasteiger partial charge on any atom is 0.325 e. The summed E-state index contributed by atoms with van der Waals surface area (Å²) in [5.41, 5.74) is 0.611. The highest BCUT2D eigenvalue weighted by atomic mass is 32.1. The summed E-state index contributed by atoms with van der Waals surface area (Å²) < 4.78 is 9.86. The summed E-state index contributed by atoms with van der Waals surface area (Å²) in [6, 6.07) is 6.44. The molecule has 0 aliphatic heterocycles. The number of ether oxygens (including phenoxy) is 2. The van der Waals surface area contributed by atoms with E-state index in [9.17, 15) is 9.59 Å². The Morgan fingerprint density at radius 3 is 2.57 bits per heavy atom. The molecule has 0 aliphatic rings. The van der Waals surface area contributed by atoms with E-state index in [1.165, 1.54) is 0 Å². The van der Waals surface area contributed by atoms with Crippen LogP contribution in [0.15, 0.2) is 24.3 Å². The second-order valence-electron chi connectivity index (χ2n) is 4.29. The molecule has 0 saturated heterocycles. The Hall–Kier alpha value is -2.68. The van der Waals surface area contributed by atoms with E-state index in [0.717, 1.165) is 11.3 Å². The average Bonchev–Trinajstić information content (AvgIpc) is 2.95. The number of esters is 1. The molecule has 0 spiro atoms. The summed E-state index contributed by atoms with van der Waals surface area (Å²) in [5, 5.41) is 13.6. The predicted molar refractivity (Wildman–Crippen MR) is 85.9 cm³/mol. The fourth-order valence-corrected chi connectivity index (χ4v) is 2.37.